The number of nitrogens with zero attached hydrogens (tertiary/aromatic N) is 1. The van der Waals surface area contributed by atoms with Crippen LogP contribution in [0.2, 0.25) is 0 Å². The number of benzene rings is 1. The molecule has 2 aliphatic rings. The molecule has 0 spiro atoms. The van der Waals surface area contributed by atoms with Crippen LogP contribution in [-0.2, 0) is 11.2 Å². The predicted molar refractivity (Wildman–Crippen MR) is 115 cm³/mol. The van der Waals surface area contributed by atoms with Crippen LogP contribution in [-0.4, -0.2) is 6.29 Å². The highest BCUT2D eigenvalue weighted by Gasteiger charge is 2.37. The molecule has 2 fully saturated rings. The van der Waals surface area contributed by atoms with Crippen molar-refractivity contribution < 1.29 is 4.79 Å². The van der Waals surface area contributed by atoms with Crippen molar-refractivity contribution in [2.45, 2.75) is 83.5 Å². The van der Waals surface area contributed by atoms with Gasteiger partial charge in [0.05, 0.1) is 6.07 Å². The summed E-state index contributed by atoms with van der Waals surface area (Å²) in [4.78, 5) is 11.6. The van der Waals surface area contributed by atoms with Gasteiger partial charge in [-0.05, 0) is 93.1 Å². The van der Waals surface area contributed by atoms with Gasteiger partial charge in [0, 0.05) is 11.5 Å². The van der Waals surface area contributed by atoms with E-state index in [0.717, 1.165) is 49.7 Å². The van der Waals surface area contributed by atoms with E-state index in [1.807, 2.05) is 12.1 Å². The fraction of sp³-hybridized carbons (Fsp3) is 0.615. The van der Waals surface area contributed by atoms with Crippen molar-refractivity contribution in [1.29, 1.82) is 5.26 Å². The van der Waals surface area contributed by atoms with E-state index in [-0.39, 0.29) is 5.41 Å². The maximum atomic E-state index is 11.6. The Bertz CT molecular complexity index is 680. The number of rotatable bonds is 7. The van der Waals surface area contributed by atoms with Crippen LogP contribution in [0.25, 0.3) is 0 Å². The van der Waals surface area contributed by atoms with Crippen molar-refractivity contribution in [3.05, 3.63) is 47.5 Å². The number of unbranched alkanes of at least 4 members (excludes halogenated alkanes) is 1. The first-order valence-electron chi connectivity index (χ1n) is 11.3. The molecular weight excluding hydrogens is 342 g/mol. The number of carbonyl (C=O) groups excluding carboxylic acids is 1. The first-order chi connectivity index (χ1) is 13.7. The number of carbonyl (C=O) groups is 1. The summed E-state index contributed by atoms with van der Waals surface area (Å²) in [6, 6.07) is 11.5. The molecule has 28 heavy (non-hydrogen) atoms. The van der Waals surface area contributed by atoms with E-state index in [1.165, 1.54) is 62.1 Å². The Morgan fingerprint density at radius 1 is 1.04 bits per heavy atom. The number of aldehydes is 1. The molecule has 2 nitrogen and oxygen atoms in total. The van der Waals surface area contributed by atoms with Gasteiger partial charge in [0.15, 0.2) is 0 Å². The Balaban J connectivity index is 1.49. The standard InChI is InChI=1S/C26H35NO/c1-2-3-5-21-6-8-22(9-7-21)23-10-12-24(13-11-23)25-14-17-26(20-28,18-15-25)16-4-19-27/h4,6-9,16,20,23-25H,2-3,5,10-15,17-18H2,1H3. The summed E-state index contributed by atoms with van der Waals surface area (Å²) in [5.41, 5.74) is 2.64. The van der Waals surface area contributed by atoms with Gasteiger partial charge in [0.25, 0.3) is 0 Å². The Hall–Kier alpha value is -1.88. The maximum absolute atomic E-state index is 11.6. The highest BCUT2D eigenvalue weighted by atomic mass is 16.1. The van der Waals surface area contributed by atoms with Gasteiger partial charge in [-0.2, -0.15) is 5.26 Å². The van der Waals surface area contributed by atoms with Crippen LogP contribution in [0, 0.1) is 28.6 Å². The van der Waals surface area contributed by atoms with E-state index in [9.17, 15) is 4.79 Å². The molecule has 0 radical (unpaired) electrons. The summed E-state index contributed by atoms with van der Waals surface area (Å²) in [5, 5.41) is 8.78. The van der Waals surface area contributed by atoms with Gasteiger partial charge in [-0.3, -0.25) is 0 Å². The minimum absolute atomic E-state index is 0.372. The van der Waals surface area contributed by atoms with Gasteiger partial charge in [-0.15, -0.1) is 0 Å². The maximum Gasteiger partial charge on any atom is 0.129 e. The number of aryl methyl sites for hydroxylation is 1. The summed E-state index contributed by atoms with van der Waals surface area (Å²) in [7, 11) is 0. The van der Waals surface area contributed by atoms with Crippen molar-refractivity contribution in [2.24, 2.45) is 17.3 Å². The zero-order valence-electron chi connectivity index (χ0n) is 17.4. The van der Waals surface area contributed by atoms with Crippen LogP contribution in [0.5, 0.6) is 0 Å². The van der Waals surface area contributed by atoms with Crippen LogP contribution in [0.1, 0.15) is 88.2 Å². The minimum Gasteiger partial charge on any atom is -0.302 e. The van der Waals surface area contributed by atoms with Crippen LogP contribution >= 0.6 is 0 Å². The Kier molecular flexibility index (Phi) is 7.49. The van der Waals surface area contributed by atoms with Crippen LogP contribution < -0.4 is 0 Å². The summed E-state index contributed by atoms with van der Waals surface area (Å²) < 4.78 is 0. The molecule has 0 amide bonds. The topological polar surface area (TPSA) is 40.9 Å². The van der Waals surface area contributed by atoms with Crippen molar-refractivity contribution in [1.82, 2.24) is 0 Å². The molecule has 0 unspecified atom stereocenters. The van der Waals surface area contributed by atoms with E-state index in [1.54, 1.807) is 0 Å². The molecule has 0 aliphatic heterocycles. The molecule has 1 aromatic rings. The first kappa shape index (κ1) is 20.8. The molecule has 0 heterocycles. The molecule has 0 atom stereocenters. The zero-order chi connectivity index (χ0) is 19.8. The lowest BCUT2D eigenvalue weighted by Crippen LogP contribution is -2.31. The second-order valence-corrected chi connectivity index (χ2v) is 9.11. The molecule has 0 aromatic heterocycles. The quantitative estimate of drug-likeness (QED) is 0.389. The SMILES string of the molecule is CCCCc1ccc(C2CCC(C3CCC(C=O)(C=CC#N)CC3)CC2)cc1. The fourth-order valence-corrected chi connectivity index (χ4v) is 5.44. The predicted octanol–water partition coefficient (Wildman–Crippen LogP) is 6.76. The molecule has 2 saturated carbocycles. The molecule has 2 aliphatic carbocycles. The van der Waals surface area contributed by atoms with Crippen molar-refractivity contribution >= 4 is 6.29 Å². The van der Waals surface area contributed by atoms with Crippen molar-refractivity contribution in [3.8, 4) is 6.07 Å². The third-order valence-corrected chi connectivity index (χ3v) is 7.39. The second kappa shape index (κ2) is 10.1. The van der Waals surface area contributed by atoms with E-state index in [4.69, 9.17) is 5.26 Å². The van der Waals surface area contributed by atoms with E-state index in [0.29, 0.717) is 0 Å². The molecule has 0 saturated heterocycles. The Morgan fingerprint density at radius 2 is 1.68 bits per heavy atom. The monoisotopic (exact) mass is 377 g/mol. The lowest BCUT2D eigenvalue weighted by atomic mass is 9.64. The van der Waals surface area contributed by atoms with E-state index in [2.05, 4.69) is 31.2 Å². The van der Waals surface area contributed by atoms with Crippen molar-refractivity contribution in [2.75, 3.05) is 0 Å². The Labute approximate surface area is 171 Å². The summed E-state index contributed by atoms with van der Waals surface area (Å²) >= 11 is 0. The molecule has 0 N–H and O–H groups in total. The first-order valence-corrected chi connectivity index (χ1v) is 11.3. The fourth-order valence-electron chi connectivity index (χ4n) is 5.44. The summed E-state index contributed by atoms with van der Waals surface area (Å²) in [6.07, 6.45) is 17.5. The normalized spacial score (nSPS) is 30.8. The van der Waals surface area contributed by atoms with Gasteiger partial charge < -0.3 is 4.79 Å². The Morgan fingerprint density at radius 3 is 2.25 bits per heavy atom. The van der Waals surface area contributed by atoms with Gasteiger partial charge in [0.1, 0.15) is 6.29 Å². The number of hydrogen-bond donors (Lipinski definition) is 0. The number of hydrogen-bond acceptors (Lipinski definition) is 2. The summed E-state index contributed by atoms with van der Waals surface area (Å²) in [6.45, 7) is 2.25. The molecular formula is C26H35NO. The lowest BCUT2D eigenvalue weighted by molar-refractivity contribution is -0.116. The third-order valence-electron chi connectivity index (χ3n) is 7.39. The minimum atomic E-state index is -0.372. The lowest BCUT2D eigenvalue weighted by Gasteiger charge is -2.40. The van der Waals surface area contributed by atoms with E-state index < -0.39 is 0 Å². The van der Waals surface area contributed by atoms with Crippen LogP contribution in [0.4, 0.5) is 0 Å². The highest BCUT2D eigenvalue weighted by molar-refractivity contribution is 5.63. The van der Waals surface area contributed by atoms with Crippen LogP contribution in [0.3, 0.4) is 0 Å². The second-order valence-electron chi connectivity index (χ2n) is 9.11. The van der Waals surface area contributed by atoms with E-state index >= 15 is 0 Å². The van der Waals surface area contributed by atoms with Gasteiger partial charge >= 0.3 is 0 Å². The van der Waals surface area contributed by atoms with Gasteiger partial charge in [0.2, 0.25) is 0 Å². The third kappa shape index (κ3) is 5.13. The van der Waals surface area contributed by atoms with Crippen LogP contribution in [0.15, 0.2) is 36.4 Å². The van der Waals surface area contributed by atoms with Gasteiger partial charge in [-0.1, -0.05) is 43.7 Å². The summed E-state index contributed by atoms with van der Waals surface area (Å²) in [5.74, 6) is 2.32. The highest BCUT2D eigenvalue weighted by Crippen LogP contribution is 2.47. The molecule has 150 valence electrons. The van der Waals surface area contributed by atoms with Crippen molar-refractivity contribution in [3.63, 3.8) is 0 Å². The van der Waals surface area contributed by atoms with Gasteiger partial charge in [-0.25, -0.2) is 0 Å². The smallest absolute Gasteiger partial charge is 0.129 e. The molecule has 3 rings (SSSR count). The molecule has 1 aromatic carbocycles. The molecule has 0 bridgehead atoms. The number of nitriles is 1. The molecule has 2 heteroatoms. The largest absolute Gasteiger partial charge is 0.302 e. The zero-order valence-corrected chi connectivity index (χ0v) is 17.4. The average molecular weight is 378 g/mol. The average Bonchev–Trinajstić information content (AvgIpc) is 2.77. The number of allylic oxidation sites excluding steroid dienone is 2.